The van der Waals surface area contributed by atoms with Gasteiger partial charge in [-0.25, -0.2) is 0 Å². The number of hydrogen-bond donors (Lipinski definition) is 0. The lowest BCUT2D eigenvalue weighted by Crippen LogP contribution is -2.09. The van der Waals surface area contributed by atoms with E-state index in [0.717, 1.165) is 11.3 Å². The van der Waals surface area contributed by atoms with Crippen LogP contribution in [-0.4, -0.2) is 12.8 Å². The van der Waals surface area contributed by atoms with E-state index in [0.29, 0.717) is 11.5 Å². The molecule has 24 heavy (non-hydrogen) atoms. The van der Waals surface area contributed by atoms with Gasteiger partial charge in [0.2, 0.25) is 0 Å². The third-order valence-corrected chi connectivity index (χ3v) is 5.20. The van der Waals surface area contributed by atoms with Crippen molar-refractivity contribution in [1.82, 2.24) is 4.98 Å². The number of hydrogen-bond acceptors (Lipinski definition) is 1. The van der Waals surface area contributed by atoms with Gasteiger partial charge in [-0.15, -0.1) is 0 Å². The molecule has 3 aromatic rings. The molecule has 118 valence electrons. The molecule has 1 aliphatic rings. The first kappa shape index (κ1) is 15.4. The Morgan fingerprint density at radius 3 is 2.33 bits per heavy atom. The third-order valence-electron chi connectivity index (χ3n) is 5.20. The van der Waals surface area contributed by atoms with Gasteiger partial charge in [-0.05, 0) is 67.3 Å². The van der Waals surface area contributed by atoms with Crippen LogP contribution in [0.5, 0.6) is 0 Å². The molecule has 0 N–H and O–H groups in total. The van der Waals surface area contributed by atoms with Crippen LogP contribution in [0.4, 0.5) is 0 Å². The molecule has 0 unspecified atom stereocenters. The minimum Gasteiger partial charge on any atom is -0.264 e. The number of rotatable bonds is 2. The first-order chi connectivity index (χ1) is 11.6. The smallest absolute Gasteiger partial charge is 0.141 e. The number of aryl methyl sites for hydroxylation is 2. The van der Waals surface area contributed by atoms with Gasteiger partial charge in [-0.2, -0.15) is 0 Å². The fourth-order valence-electron chi connectivity index (χ4n) is 4.14. The summed E-state index contributed by atoms with van der Waals surface area (Å²) in [5, 5.41) is 2.40. The second-order valence-electron chi connectivity index (χ2n) is 7.23. The summed E-state index contributed by atoms with van der Waals surface area (Å²) >= 11 is 0. The Labute approximate surface area is 145 Å². The van der Waals surface area contributed by atoms with Gasteiger partial charge in [0.1, 0.15) is 7.85 Å². The Hall–Kier alpha value is -2.09. The van der Waals surface area contributed by atoms with E-state index in [2.05, 4.69) is 55.2 Å². The van der Waals surface area contributed by atoms with Crippen LogP contribution in [0.1, 0.15) is 48.3 Å². The first-order valence-electron chi connectivity index (χ1n) is 8.89. The molecular weight excluding hydrogens is 289 g/mol. The number of aromatic nitrogens is 1. The largest absolute Gasteiger partial charge is 0.264 e. The summed E-state index contributed by atoms with van der Waals surface area (Å²) in [4.78, 5) is 4.66. The fraction of sp³-hybridized carbons (Fsp3) is 0.318. The summed E-state index contributed by atoms with van der Waals surface area (Å²) in [5.74, 6) is 0.716. The number of pyridine rings is 1. The maximum atomic E-state index is 6.13. The second kappa shape index (κ2) is 6.09. The van der Waals surface area contributed by atoms with Gasteiger partial charge in [0.05, 0.1) is 5.69 Å². The molecular formula is C22H22BN. The van der Waals surface area contributed by atoms with Crippen LogP contribution in [0.2, 0.25) is 0 Å². The van der Waals surface area contributed by atoms with Gasteiger partial charge in [-0.1, -0.05) is 48.2 Å². The van der Waals surface area contributed by atoms with Crippen LogP contribution >= 0.6 is 0 Å². The molecule has 1 nitrogen and oxygen atoms in total. The summed E-state index contributed by atoms with van der Waals surface area (Å²) in [6.45, 7) is 4.26. The Kier molecular flexibility index (Phi) is 3.92. The molecule has 2 heteroatoms. The van der Waals surface area contributed by atoms with E-state index in [9.17, 15) is 0 Å². The molecule has 0 atom stereocenters. The maximum Gasteiger partial charge on any atom is 0.141 e. The van der Waals surface area contributed by atoms with Crippen molar-refractivity contribution < 1.29 is 0 Å². The predicted molar refractivity (Wildman–Crippen MR) is 103 cm³/mol. The molecule has 2 radical (unpaired) electrons. The maximum absolute atomic E-state index is 6.13. The zero-order valence-corrected chi connectivity index (χ0v) is 14.5. The first-order valence-corrected chi connectivity index (χ1v) is 8.89. The summed E-state index contributed by atoms with van der Waals surface area (Å²) in [6, 6.07) is 15.5. The van der Waals surface area contributed by atoms with Crippen molar-refractivity contribution in [2.24, 2.45) is 0 Å². The highest BCUT2D eigenvalue weighted by Gasteiger charge is 2.18. The molecule has 0 bridgehead atoms. The molecule has 0 amide bonds. The molecule has 1 heterocycles. The van der Waals surface area contributed by atoms with Gasteiger partial charge in [0.25, 0.3) is 0 Å². The predicted octanol–water partition coefficient (Wildman–Crippen LogP) is 4.97. The molecule has 1 aliphatic carbocycles. The van der Waals surface area contributed by atoms with E-state index >= 15 is 0 Å². The van der Waals surface area contributed by atoms with Crippen molar-refractivity contribution in [3.8, 4) is 11.3 Å². The van der Waals surface area contributed by atoms with Crippen LogP contribution in [0.3, 0.4) is 0 Å². The molecule has 4 rings (SSSR count). The van der Waals surface area contributed by atoms with Crippen molar-refractivity contribution in [3.05, 3.63) is 59.2 Å². The summed E-state index contributed by atoms with van der Waals surface area (Å²) in [6.07, 6.45) is 5.34. The number of benzene rings is 2. The van der Waals surface area contributed by atoms with E-state index in [1.165, 1.54) is 53.1 Å². The normalized spacial score (nSPS) is 15.2. The van der Waals surface area contributed by atoms with Crippen molar-refractivity contribution in [2.45, 2.75) is 45.4 Å². The second-order valence-corrected chi connectivity index (χ2v) is 7.23. The van der Waals surface area contributed by atoms with E-state index in [4.69, 9.17) is 7.85 Å². The number of fused-ring (bicyclic) bond motifs is 1. The molecule has 2 aromatic carbocycles. The van der Waals surface area contributed by atoms with E-state index < -0.39 is 0 Å². The molecule has 0 aliphatic heterocycles. The van der Waals surface area contributed by atoms with Crippen LogP contribution in [0.15, 0.2) is 42.5 Å². The van der Waals surface area contributed by atoms with Gasteiger partial charge < -0.3 is 0 Å². The van der Waals surface area contributed by atoms with E-state index in [1.54, 1.807) is 0 Å². The van der Waals surface area contributed by atoms with Crippen LogP contribution < -0.4 is 5.59 Å². The minimum atomic E-state index is 0.597. The van der Waals surface area contributed by atoms with Crippen molar-refractivity contribution in [1.29, 1.82) is 0 Å². The van der Waals surface area contributed by atoms with Crippen LogP contribution in [0, 0.1) is 13.8 Å². The highest BCUT2D eigenvalue weighted by Crippen LogP contribution is 2.36. The third kappa shape index (κ3) is 2.86. The summed E-state index contributed by atoms with van der Waals surface area (Å²) in [5.41, 5.74) is 6.71. The Morgan fingerprint density at radius 1 is 0.917 bits per heavy atom. The van der Waals surface area contributed by atoms with Crippen molar-refractivity contribution in [3.63, 3.8) is 0 Å². The summed E-state index contributed by atoms with van der Waals surface area (Å²) in [7, 11) is 6.13. The van der Waals surface area contributed by atoms with Gasteiger partial charge >= 0.3 is 0 Å². The minimum absolute atomic E-state index is 0.597. The van der Waals surface area contributed by atoms with Crippen molar-refractivity contribution in [2.75, 3.05) is 0 Å². The number of nitrogens with zero attached hydrogens (tertiary/aromatic N) is 1. The fourth-order valence-corrected chi connectivity index (χ4v) is 4.14. The Morgan fingerprint density at radius 2 is 1.62 bits per heavy atom. The standard InChI is InChI=1S/C22H22BN/c1-14-9-15(2)11-19(10-14)22-20-8-7-17(16-5-3-4-6-16)12-18(20)13-21(23)24-22/h7-13,16H,3-6H2,1-2H3. The lowest BCUT2D eigenvalue weighted by molar-refractivity contribution is 0.724. The summed E-state index contributed by atoms with van der Waals surface area (Å²) < 4.78 is 0. The Bertz CT molecular complexity index is 887. The van der Waals surface area contributed by atoms with E-state index in [1.807, 2.05) is 6.07 Å². The highest BCUT2D eigenvalue weighted by atomic mass is 14.7. The van der Waals surface area contributed by atoms with Crippen LogP contribution in [-0.2, 0) is 0 Å². The van der Waals surface area contributed by atoms with E-state index in [-0.39, 0.29) is 0 Å². The van der Waals surface area contributed by atoms with Gasteiger partial charge in [0.15, 0.2) is 0 Å². The molecule has 0 spiro atoms. The zero-order valence-electron chi connectivity index (χ0n) is 14.5. The molecule has 1 aromatic heterocycles. The van der Waals surface area contributed by atoms with Crippen LogP contribution in [0.25, 0.3) is 22.0 Å². The lowest BCUT2D eigenvalue weighted by Gasteiger charge is -2.14. The Balaban J connectivity index is 1.89. The monoisotopic (exact) mass is 311 g/mol. The molecule has 1 saturated carbocycles. The van der Waals surface area contributed by atoms with Crippen molar-refractivity contribution >= 4 is 24.2 Å². The zero-order chi connectivity index (χ0) is 16.7. The topological polar surface area (TPSA) is 12.9 Å². The average Bonchev–Trinajstić information content (AvgIpc) is 3.07. The molecule has 1 fully saturated rings. The quantitative estimate of drug-likeness (QED) is 0.609. The lowest BCUT2D eigenvalue weighted by atomic mass is 9.91. The SMILES string of the molecule is [B]c1cc2cc(C3CCCC3)ccc2c(-c2cc(C)cc(C)c2)n1. The highest BCUT2D eigenvalue weighted by molar-refractivity contribution is 6.32. The molecule has 0 saturated heterocycles. The average molecular weight is 311 g/mol. The van der Waals surface area contributed by atoms with Gasteiger partial charge in [0, 0.05) is 10.9 Å². The van der Waals surface area contributed by atoms with Gasteiger partial charge in [-0.3, -0.25) is 4.98 Å².